The molecule has 1 saturated heterocycles. The summed E-state index contributed by atoms with van der Waals surface area (Å²) in [6, 6.07) is 2.12. The Morgan fingerprint density at radius 3 is 2.95 bits per heavy atom. The first-order valence-corrected chi connectivity index (χ1v) is 7.82. The van der Waals surface area contributed by atoms with Crippen LogP contribution in [0.3, 0.4) is 0 Å². The molecule has 5 heteroatoms. The zero-order chi connectivity index (χ0) is 15.2. The minimum atomic E-state index is -0.0567. The van der Waals surface area contributed by atoms with Gasteiger partial charge in [-0.05, 0) is 58.7 Å². The molecule has 2 rings (SSSR count). The zero-order valence-electron chi connectivity index (χ0n) is 13.0. The second-order valence-corrected chi connectivity index (χ2v) is 5.80. The fourth-order valence-corrected chi connectivity index (χ4v) is 2.99. The highest BCUT2D eigenvalue weighted by Crippen LogP contribution is 2.17. The van der Waals surface area contributed by atoms with Crippen LogP contribution in [0.1, 0.15) is 47.6 Å². The van der Waals surface area contributed by atoms with Crippen LogP contribution < -0.4 is 5.32 Å². The van der Waals surface area contributed by atoms with E-state index in [1.165, 1.54) is 6.42 Å². The van der Waals surface area contributed by atoms with Crippen molar-refractivity contribution in [3.05, 3.63) is 23.2 Å². The maximum absolute atomic E-state index is 12.0. The number of nitrogens with zero attached hydrogens (tertiary/aromatic N) is 1. The van der Waals surface area contributed by atoms with Crippen LogP contribution in [0.4, 0.5) is 0 Å². The number of carbonyl (C=O) groups excluding carboxylic acids is 1. The summed E-state index contributed by atoms with van der Waals surface area (Å²) in [6.07, 6.45) is 4.28. The molecule has 1 atom stereocenters. The van der Waals surface area contributed by atoms with Crippen LogP contribution in [0, 0.1) is 13.8 Å². The molecule has 0 radical (unpaired) electrons. The molecule has 0 spiro atoms. The number of amides is 1. The van der Waals surface area contributed by atoms with Gasteiger partial charge >= 0.3 is 0 Å². The highest BCUT2D eigenvalue weighted by Gasteiger charge is 2.22. The van der Waals surface area contributed by atoms with Crippen LogP contribution in [0.25, 0.3) is 0 Å². The number of furan rings is 1. The van der Waals surface area contributed by atoms with Crippen molar-refractivity contribution < 1.29 is 14.3 Å². The van der Waals surface area contributed by atoms with E-state index >= 15 is 0 Å². The molecule has 0 saturated carbocycles. The lowest BCUT2D eigenvalue weighted by Gasteiger charge is -2.22. The third kappa shape index (κ3) is 4.32. The van der Waals surface area contributed by atoms with Gasteiger partial charge in [0.2, 0.25) is 0 Å². The second kappa shape index (κ2) is 7.61. The third-order valence-corrected chi connectivity index (χ3v) is 4.15. The molecule has 1 amide bonds. The van der Waals surface area contributed by atoms with Gasteiger partial charge < -0.3 is 14.8 Å². The number of hydrogen-bond donors (Lipinski definition) is 2. The quantitative estimate of drug-likeness (QED) is 0.753. The minimum Gasteiger partial charge on any atom is -0.466 e. The lowest BCUT2D eigenvalue weighted by atomic mass is 10.2. The summed E-state index contributed by atoms with van der Waals surface area (Å²) in [6.45, 7) is 6.69. The average Bonchev–Trinajstić information content (AvgIpc) is 3.04. The monoisotopic (exact) mass is 294 g/mol. The fraction of sp³-hybridized carbons (Fsp3) is 0.688. The van der Waals surface area contributed by atoms with Gasteiger partial charge in [-0.1, -0.05) is 0 Å². The van der Waals surface area contributed by atoms with Crippen molar-refractivity contribution in [3.63, 3.8) is 0 Å². The molecule has 118 valence electrons. The van der Waals surface area contributed by atoms with E-state index in [1.54, 1.807) is 6.07 Å². The summed E-state index contributed by atoms with van der Waals surface area (Å²) >= 11 is 0. The van der Waals surface area contributed by atoms with Crippen molar-refractivity contribution >= 4 is 5.91 Å². The Bertz CT molecular complexity index is 470. The standard InChI is InChI=1S/C16H26N2O3/c1-12-10-15(13(2)21-12)16(20)17-7-3-4-8-18-9-5-6-14(18)11-19/h10,14,19H,3-9,11H2,1-2H3,(H,17,20). The molecule has 0 aromatic carbocycles. The predicted molar refractivity (Wildman–Crippen MR) is 81.4 cm³/mol. The molecule has 1 aromatic heterocycles. The zero-order valence-corrected chi connectivity index (χ0v) is 13.0. The largest absolute Gasteiger partial charge is 0.466 e. The molecule has 2 heterocycles. The summed E-state index contributed by atoms with van der Waals surface area (Å²) in [5, 5.41) is 12.2. The molecular formula is C16H26N2O3. The van der Waals surface area contributed by atoms with Gasteiger partial charge in [-0.3, -0.25) is 9.69 Å². The highest BCUT2D eigenvalue weighted by atomic mass is 16.3. The van der Waals surface area contributed by atoms with E-state index in [9.17, 15) is 9.90 Å². The van der Waals surface area contributed by atoms with Crippen molar-refractivity contribution in [3.8, 4) is 0 Å². The number of likely N-dealkylation sites (tertiary alicyclic amines) is 1. The maximum atomic E-state index is 12.0. The Morgan fingerprint density at radius 1 is 1.48 bits per heavy atom. The number of aliphatic hydroxyl groups is 1. The second-order valence-electron chi connectivity index (χ2n) is 5.80. The van der Waals surface area contributed by atoms with E-state index in [0.29, 0.717) is 23.9 Å². The molecule has 1 aromatic rings. The van der Waals surface area contributed by atoms with Crippen LogP contribution >= 0.6 is 0 Å². The third-order valence-electron chi connectivity index (χ3n) is 4.15. The SMILES string of the molecule is Cc1cc(C(=O)NCCCCN2CCCC2CO)c(C)o1. The van der Waals surface area contributed by atoms with Crippen LogP contribution in [0.5, 0.6) is 0 Å². The van der Waals surface area contributed by atoms with Crippen molar-refractivity contribution in [2.24, 2.45) is 0 Å². The van der Waals surface area contributed by atoms with E-state index in [-0.39, 0.29) is 12.5 Å². The van der Waals surface area contributed by atoms with Crippen molar-refractivity contribution in [1.82, 2.24) is 10.2 Å². The Morgan fingerprint density at radius 2 is 2.29 bits per heavy atom. The first-order chi connectivity index (χ1) is 10.1. The molecule has 1 fully saturated rings. The summed E-state index contributed by atoms with van der Waals surface area (Å²) in [5.74, 6) is 1.38. The first kappa shape index (κ1) is 16.0. The van der Waals surface area contributed by atoms with E-state index in [2.05, 4.69) is 10.2 Å². The van der Waals surface area contributed by atoms with Gasteiger partial charge in [0, 0.05) is 12.6 Å². The minimum absolute atomic E-state index is 0.0567. The molecule has 1 unspecified atom stereocenters. The van der Waals surface area contributed by atoms with Gasteiger partial charge in [0.05, 0.1) is 12.2 Å². The van der Waals surface area contributed by atoms with Crippen LogP contribution in [-0.4, -0.2) is 48.2 Å². The molecule has 1 aliphatic heterocycles. The predicted octanol–water partition coefficient (Wildman–Crippen LogP) is 1.86. The lowest BCUT2D eigenvalue weighted by Crippen LogP contribution is -2.33. The van der Waals surface area contributed by atoms with Gasteiger partial charge in [0.1, 0.15) is 11.5 Å². The average molecular weight is 294 g/mol. The highest BCUT2D eigenvalue weighted by molar-refractivity contribution is 5.95. The topological polar surface area (TPSA) is 65.7 Å². The Labute approximate surface area is 126 Å². The Hall–Kier alpha value is -1.33. The van der Waals surface area contributed by atoms with Crippen LogP contribution in [0.15, 0.2) is 10.5 Å². The number of rotatable bonds is 7. The van der Waals surface area contributed by atoms with Gasteiger partial charge in [-0.15, -0.1) is 0 Å². The van der Waals surface area contributed by atoms with Gasteiger partial charge in [0.15, 0.2) is 0 Å². The summed E-state index contributed by atoms with van der Waals surface area (Å²) in [7, 11) is 0. The molecule has 2 N–H and O–H groups in total. The molecule has 21 heavy (non-hydrogen) atoms. The Kier molecular flexibility index (Phi) is 5.82. The van der Waals surface area contributed by atoms with Crippen molar-refractivity contribution in [2.45, 2.75) is 45.6 Å². The summed E-state index contributed by atoms with van der Waals surface area (Å²) < 4.78 is 5.36. The number of unbranched alkanes of at least 4 members (excludes halogenated alkanes) is 1. The summed E-state index contributed by atoms with van der Waals surface area (Å²) in [4.78, 5) is 14.3. The smallest absolute Gasteiger partial charge is 0.254 e. The van der Waals surface area contributed by atoms with E-state index in [0.717, 1.165) is 38.1 Å². The number of carbonyl (C=O) groups is 1. The fourth-order valence-electron chi connectivity index (χ4n) is 2.99. The first-order valence-electron chi connectivity index (χ1n) is 7.82. The van der Waals surface area contributed by atoms with E-state index < -0.39 is 0 Å². The van der Waals surface area contributed by atoms with Gasteiger partial charge in [-0.2, -0.15) is 0 Å². The molecule has 0 aliphatic carbocycles. The van der Waals surface area contributed by atoms with Crippen molar-refractivity contribution in [2.75, 3.05) is 26.2 Å². The number of nitrogens with one attached hydrogen (secondary N) is 1. The van der Waals surface area contributed by atoms with Crippen molar-refractivity contribution in [1.29, 1.82) is 0 Å². The van der Waals surface area contributed by atoms with E-state index in [1.807, 2.05) is 13.8 Å². The van der Waals surface area contributed by atoms with Crippen LogP contribution in [0.2, 0.25) is 0 Å². The molecule has 1 aliphatic rings. The number of hydrogen-bond acceptors (Lipinski definition) is 4. The lowest BCUT2D eigenvalue weighted by molar-refractivity contribution is 0.0950. The normalized spacial score (nSPS) is 19.1. The molecule has 5 nitrogen and oxygen atoms in total. The van der Waals surface area contributed by atoms with E-state index in [4.69, 9.17) is 4.42 Å². The molecule has 0 bridgehead atoms. The summed E-state index contributed by atoms with van der Waals surface area (Å²) in [5.41, 5.74) is 0.632. The van der Waals surface area contributed by atoms with Gasteiger partial charge in [0.25, 0.3) is 5.91 Å². The number of aliphatic hydroxyl groups excluding tert-OH is 1. The number of aryl methyl sites for hydroxylation is 2. The Balaban J connectivity index is 1.63. The van der Waals surface area contributed by atoms with Crippen LogP contribution in [-0.2, 0) is 0 Å². The van der Waals surface area contributed by atoms with Gasteiger partial charge in [-0.25, -0.2) is 0 Å². The maximum Gasteiger partial charge on any atom is 0.254 e. The molecular weight excluding hydrogens is 268 g/mol.